The van der Waals surface area contributed by atoms with Crippen LogP contribution in [0.25, 0.3) is 0 Å². The van der Waals surface area contributed by atoms with Gasteiger partial charge in [-0.15, -0.1) is 0 Å². The van der Waals surface area contributed by atoms with Crippen molar-refractivity contribution >= 4 is 5.71 Å². The van der Waals surface area contributed by atoms with Gasteiger partial charge in [0.2, 0.25) is 0 Å². The van der Waals surface area contributed by atoms with Gasteiger partial charge < -0.3 is 11.1 Å². The molecule has 1 rings (SSSR count). The molecule has 0 aliphatic heterocycles. The third-order valence-electron chi connectivity index (χ3n) is 1.42. The summed E-state index contributed by atoms with van der Waals surface area (Å²) in [5.41, 5.74) is 5.12. The smallest absolute Gasteiger partial charge is 0.255 e. The second-order valence-electron chi connectivity index (χ2n) is 2.37. The lowest BCUT2D eigenvalue weighted by atomic mass is 10.2. The van der Waals surface area contributed by atoms with Crippen LogP contribution in [0.2, 0.25) is 0 Å². The minimum absolute atomic E-state index is 0.0278. The second-order valence-corrected chi connectivity index (χ2v) is 2.37. The molecular weight excluding hydrogens is 126 g/mol. The van der Waals surface area contributed by atoms with Crippen LogP contribution in [0.3, 0.4) is 0 Å². The first-order valence-electron chi connectivity index (χ1n) is 2.72. The number of hydrogen-bond donors (Lipinski definition) is 2. The fraction of sp³-hybridized carbons (Fsp3) is 0.800. The second kappa shape index (κ2) is 1.73. The fourth-order valence-corrected chi connectivity index (χ4v) is 0.927. The van der Waals surface area contributed by atoms with Crippen LogP contribution in [0.5, 0.6) is 0 Å². The Labute approximate surface area is 51.5 Å². The van der Waals surface area contributed by atoms with Gasteiger partial charge >= 0.3 is 0 Å². The quantitative estimate of drug-likeness (QED) is 0.505. The number of hydrogen-bond acceptors (Lipinski definition) is 2. The van der Waals surface area contributed by atoms with Crippen LogP contribution in [0.15, 0.2) is 0 Å². The van der Waals surface area contributed by atoms with Crippen molar-refractivity contribution in [2.24, 2.45) is 5.73 Å². The largest absolute Gasteiger partial charge is 0.323 e. The molecule has 2 nitrogen and oxygen atoms in total. The van der Waals surface area contributed by atoms with Gasteiger partial charge in [0.1, 0.15) is 0 Å². The standard InChI is InChI=1S/C5H8F2N2/c6-5(7)1-3(8)4(9)2-5/h3,9H,1-2,8H2/t3-/m1/s1. The van der Waals surface area contributed by atoms with Crippen molar-refractivity contribution < 1.29 is 8.78 Å². The molecule has 1 fully saturated rings. The predicted octanol–water partition coefficient (Wildman–Crippen LogP) is 0.763. The van der Waals surface area contributed by atoms with Gasteiger partial charge in [0.15, 0.2) is 0 Å². The summed E-state index contributed by atoms with van der Waals surface area (Å²) in [5, 5.41) is 6.91. The van der Waals surface area contributed by atoms with Crippen LogP contribution in [0.1, 0.15) is 12.8 Å². The number of halogens is 2. The average Bonchev–Trinajstić information content (AvgIpc) is 1.79. The Morgan fingerprint density at radius 3 is 2.33 bits per heavy atom. The molecule has 1 aliphatic carbocycles. The van der Waals surface area contributed by atoms with Crippen LogP contribution in [0.4, 0.5) is 8.78 Å². The molecule has 9 heavy (non-hydrogen) atoms. The number of alkyl halides is 2. The molecule has 0 spiro atoms. The van der Waals surface area contributed by atoms with Crippen molar-refractivity contribution in [2.45, 2.75) is 24.8 Å². The lowest BCUT2D eigenvalue weighted by Crippen LogP contribution is -2.24. The molecule has 0 heterocycles. The molecule has 1 aliphatic rings. The Hall–Kier alpha value is -0.510. The van der Waals surface area contributed by atoms with Gasteiger partial charge in [0, 0.05) is 18.2 Å². The summed E-state index contributed by atoms with van der Waals surface area (Å²) >= 11 is 0. The van der Waals surface area contributed by atoms with E-state index in [1.54, 1.807) is 0 Å². The molecule has 0 bridgehead atoms. The highest BCUT2D eigenvalue weighted by Gasteiger charge is 2.41. The van der Waals surface area contributed by atoms with Crippen molar-refractivity contribution in [1.82, 2.24) is 0 Å². The molecule has 0 aromatic heterocycles. The summed E-state index contributed by atoms with van der Waals surface area (Å²) in [6.45, 7) is 0. The molecule has 0 saturated heterocycles. The molecule has 4 heteroatoms. The van der Waals surface area contributed by atoms with E-state index in [9.17, 15) is 8.78 Å². The summed E-state index contributed by atoms with van der Waals surface area (Å²) in [5.74, 6) is -2.71. The minimum Gasteiger partial charge on any atom is -0.323 e. The summed E-state index contributed by atoms with van der Waals surface area (Å²) in [6.07, 6.45) is -0.806. The van der Waals surface area contributed by atoms with Gasteiger partial charge in [-0.05, 0) is 0 Å². The fourth-order valence-electron chi connectivity index (χ4n) is 0.927. The number of rotatable bonds is 0. The molecule has 1 atom stereocenters. The van der Waals surface area contributed by atoms with Crippen molar-refractivity contribution in [3.63, 3.8) is 0 Å². The van der Waals surface area contributed by atoms with Gasteiger partial charge in [-0.25, -0.2) is 8.78 Å². The third kappa shape index (κ3) is 1.24. The van der Waals surface area contributed by atoms with E-state index in [0.717, 1.165) is 0 Å². The van der Waals surface area contributed by atoms with E-state index in [1.807, 2.05) is 0 Å². The van der Waals surface area contributed by atoms with Crippen molar-refractivity contribution in [3.05, 3.63) is 0 Å². The van der Waals surface area contributed by atoms with Crippen LogP contribution in [0, 0.1) is 5.41 Å². The summed E-state index contributed by atoms with van der Waals surface area (Å²) in [4.78, 5) is 0. The van der Waals surface area contributed by atoms with Gasteiger partial charge in [-0.1, -0.05) is 0 Å². The van der Waals surface area contributed by atoms with Crippen molar-refractivity contribution in [3.8, 4) is 0 Å². The molecule has 0 unspecified atom stereocenters. The molecule has 0 aromatic carbocycles. The minimum atomic E-state index is -2.71. The number of nitrogens with two attached hydrogens (primary N) is 1. The zero-order valence-electron chi connectivity index (χ0n) is 4.82. The molecule has 1 saturated carbocycles. The maximum Gasteiger partial charge on any atom is 0.255 e. The van der Waals surface area contributed by atoms with E-state index < -0.39 is 18.4 Å². The Kier molecular flexibility index (Phi) is 1.27. The lowest BCUT2D eigenvalue weighted by molar-refractivity contribution is 0.0123. The molecular formula is C5H8F2N2. The predicted molar refractivity (Wildman–Crippen MR) is 29.9 cm³/mol. The highest BCUT2D eigenvalue weighted by Crippen LogP contribution is 2.31. The summed E-state index contributed by atoms with van der Waals surface area (Å²) < 4.78 is 24.4. The van der Waals surface area contributed by atoms with Crippen molar-refractivity contribution in [1.29, 1.82) is 5.41 Å². The van der Waals surface area contributed by atoms with Gasteiger partial charge in [0.05, 0.1) is 6.42 Å². The normalized spacial score (nSPS) is 33.2. The van der Waals surface area contributed by atoms with Gasteiger partial charge in [-0.3, -0.25) is 0 Å². The molecule has 0 radical (unpaired) electrons. The Morgan fingerprint density at radius 2 is 2.22 bits per heavy atom. The van der Waals surface area contributed by atoms with E-state index in [-0.39, 0.29) is 12.1 Å². The highest BCUT2D eigenvalue weighted by atomic mass is 19.3. The topological polar surface area (TPSA) is 49.9 Å². The Bertz CT molecular complexity index is 144. The van der Waals surface area contributed by atoms with Crippen LogP contribution >= 0.6 is 0 Å². The van der Waals surface area contributed by atoms with E-state index in [2.05, 4.69) is 0 Å². The third-order valence-corrected chi connectivity index (χ3v) is 1.42. The first kappa shape index (κ1) is 6.61. The Balaban J connectivity index is 2.65. The van der Waals surface area contributed by atoms with Crippen LogP contribution in [-0.4, -0.2) is 17.7 Å². The lowest BCUT2D eigenvalue weighted by Gasteiger charge is -2.03. The van der Waals surface area contributed by atoms with E-state index in [4.69, 9.17) is 11.1 Å². The summed E-state index contributed by atoms with van der Waals surface area (Å²) in [6, 6.07) is -0.708. The number of nitrogens with one attached hydrogen (secondary N) is 1. The monoisotopic (exact) mass is 134 g/mol. The van der Waals surface area contributed by atoms with Gasteiger partial charge in [0.25, 0.3) is 5.92 Å². The van der Waals surface area contributed by atoms with Gasteiger partial charge in [-0.2, -0.15) is 0 Å². The van der Waals surface area contributed by atoms with Crippen LogP contribution in [-0.2, 0) is 0 Å². The molecule has 0 amide bonds. The molecule has 3 N–H and O–H groups in total. The molecule has 52 valence electrons. The van der Waals surface area contributed by atoms with Crippen molar-refractivity contribution in [2.75, 3.05) is 0 Å². The first-order valence-corrected chi connectivity index (χ1v) is 2.72. The maximum absolute atomic E-state index is 12.2. The SMILES string of the molecule is N=C1CC(F)(F)C[C@H]1N. The average molecular weight is 134 g/mol. The maximum atomic E-state index is 12.2. The first-order chi connectivity index (χ1) is 4.01. The van der Waals surface area contributed by atoms with E-state index >= 15 is 0 Å². The zero-order chi connectivity index (χ0) is 7.07. The zero-order valence-corrected chi connectivity index (χ0v) is 4.82. The summed E-state index contributed by atoms with van der Waals surface area (Å²) in [7, 11) is 0. The molecule has 0 aromatic rings. The van der Waals surface area contributed by atoms with E-state index in [1.165, 1.54) is 0 Å². The Morgan fingerprint density at radius 1 is 1.67 bits per heavy atom. The van der Waals surface area contributed by atoms with E-state index in [0.29, 0.717) is 0 Å². The highest BCUT2D eigenvalue weighted by molar-refractivity contribution is 5.89. The van der Waals surface area contributed by atoms with Crippen LogP contribution < -0.4 is 5.73 Å².